The van der Waals surface area contributed by atoms with Crippen LogP contribution in [0.25, 0.3) is 0 Å². The summed E-state index contributed by atoms with van der Waals surface area (Å²) in [7, 11) is 0. The van der Waals surface area contributed by atoms with Gasteiger partial charge in [0.1, 0.15) is 16.8 Å². The average molecular weight is 573 g/mol. The largest absolute Gasteiger partial charge is 0.481 e. The van der Waals surface area contributed by atoms with Crippen molar-refractivity contribution in [1.29, 1.82) is 0 Å². The number of amides is 1. The predicted octanol–water partition coefficient (Wildman–Crippen LogP) is 1.42. The van der Waals surface area contributed by atoms with Crippen LogP contribution in [-0.2, 0) is 9.59 Å². The number of aliphatic carboxylic acids is 2. The van der Waals surface area contributed by atoms with Crippen LogP contribution in [0.4, 0.5) is 11.5 Å². The minimum atomic E-state index is -1.29. The summed E-state index contributed by atoms with van der Waals surface area (Å²) in [5.41, 5.74) is 0.829. The Labute approximate surface area is 199 Å². The van der Waals surface area contributed by atoms with Gasteiger partial charge in [0, 0.05) is 36.0 Å². The Balaban J connectivity index is 1.54. The number of carboxylic acid groups (broad SMARTS) is 2. The molecule has 0 aliphatic carbocycles. The van der Waals surface area contributed by atoms with E-state index in [-0.39, 0.29) is 29.2 Å². The van der Waals surface area contributed by atoms with Gasteiger partial charge in [-0.2, -0.15) is 0 Å². The number of anilines is 2. The molecule has 0 spiro atoms. The molecule has 1 aromatic heterocycles. The van der Waals surface area contributed by atoms with E-state index in [1.54, 1.807) is 24.3 Å². The summed E-state index contributed by atoms with van der Waals surface area (Å²) in [6.07, 6.45) is -0.566. The van der Waals surface area contributed by atoms with Crippen LogP contribution in [0, 0.1) is 3.83 Å². The SMILES string of the molecule is O=C(O)CC[C@H](NC(=O)c1ccc(NC[C@H]2CNc3nc(I)[nH]c(=O)c3S2)cc1)C(=O)O. The van der Waals surface area contributed by atoms with Gasteiger partial charge in [-0.3, -0.25) is 14.4 Å². The van der Waals surface area contributed by atoms with Gasteiger partial charge in [-0.25, -0.2) is 9.78 Å². The molecule has 1 aliphatic rings. The third-order valence-corrected chi connectivity index (χ3v) is 6.35. The number of carbonyl (C=O) groups excluding carboxylic acids is 1. The molecular formula is C19H20IN5O6S. The van der Waals surface area contributed by atoms with Crippen LogP contribution in [0.2, 0.25) is 0 Å². The summed E-state index contributed by atoms with van der Waals surface area (Å²) in [6, 6.07) is 5.19. The number of carbonyl (C=O) groups is 3. The van der Waals surface area contributed by atoms with Crippen molar-refractivity contribution in [2.45, 2.75) is 29.0 Å². The van der Waals surface area contributed by atoms with Gasteiger partial charge in [-0.1, -0.05) is 0 Å². The van der Waals surface area contributed by atoms with E-state index in [2.05, 4.69) is 25.9 Å². The van der Waals surface area contributed by atoms with Crippen molar-refractivity contribution in [2.24, 2.45) is 0 Å². The summed E-state index contributed by atoms with van der Waals surface area (Å²) in [5.74, 6) is -2.44. The van der Waals surface area contributed by atoms with E-state index >= 15 is 0 Å². The molecule has 1 aromatic carbocycles. The maximum Gasteiger partial charge on any atom is 0.326 e. The van der Waals surface area contributed by atoms with Crippen molar-refractivity contribution < 1.29 is 24.6 Å². The molecule has 0 fully saturated rings. The molecular weight excluding hydrogens is 553 g/mol. The lowest BCUT2D eigenvalue weighted by atomic mass is 10.1. The van der Waals surface area contributed by atoms with Crippen molar-refractivity contribution in [3.05, 3.63) is 44.0 Å². The molecule has 6 N–H and O–H groups in total. The molecule has 2 heterocycles. The van der Waals surface area contributed by atoms with E-state index in [0.717, 1.165) is 5.69 Å². The molecule has 170 valence electrons. The van der Waals surface area contributed by atoms with Crippen LogP contribution in [0.15, 0.2) is 34.0 Å². The number of benzene rings is 1. The molecule has 2 aromatic rings. The molecule has 3 rings (SSSR count). The van der Waals surface area contributed by atoms with Gasteiger partial charge in [-0.15, -0.1) is 11.8 Å². The highest BCUT2D eigenvalue weighted by molar-refractivity contribution is 14.1. The lowest BCUT2D eigenvalue weighted by Gasteiger charge is -2.24. The van der Waals surface area contributed by atoms with E-state index in [9.17, 15) is 19.2 Å². The van der Waals surface area contributed by atoms with Crippen LogP contribution in [0.1, 0.15) is 23.2 Å². The lowest BCUT2D eigenvalue weighted by molar-refractivity contribution is -0.140. The number of halogens is 1. The number of carboxylic acids is 2. The van der Waals surface area contributed by atoms with E-state index in [4.69, 9.17) is 10.2 Å². The van der Waals surface area contributed by atoms with E-state index in [1.807, 2.05) is 22.6 Å². The maximum absolute atomic E-state index is 12.3. The molecule has 0 unspecified atom stereocenters. The Morgan fingerprint density at radius 1 is 1.25 bits per heavy atom. The highest BCUT2D eigenvalue weighted by Gasteiger charge is 2.24. The third kappa shape index (κ3) is 6.35. The fraction of sp³-hybridized carbons (Fsp3) is 0.316. The number of hydrogen-bond acceptors (Lipinski definition) is 8. The van der Waals surface area contributed by atoms with Crippen LogP contribution in [-0.4, -0.2) is 62.4 Å². The second-order valence-corrected chi connectivity index (χ2v) is 9.24. The Kier molecular flexibility index (Phi) is 7.95. The molecule has 32 heavy (non-hydrogen) atoms. The van der Waals surface area contributed by atoms with Gasteiger partial charge < -0.3 is 31.1 Å². The van der Waals surface area contributed by atoms with Crippen LogP contribution >= 0.6 is 34.4 Å². The summed E-state index contributed by atoms with van der Waals surface area (Å²) in [4.78, 5) is 53.8. The van der Waals surface area contributed by atoms with Gasteiger partial charge in [0.15, 0.2) is 3.83 Å². The summed E-state index contributed by atoms with van der Waals surface area (Å²) in [5, 5.41) is 26.7. The monoisotopic (exact) mass is 573 g/mol. The number of H-pyrrole nitrogens is 1. The first-order valence-electron chi connectivity index (χ1n) is 9.52. The van der Waals surface area contributed by atoms with Crippen LogP contribution in [0.5, 0.6) is 0 Å². The second kappa shape index (κ2) is 10.7. The minimum Gasteiger partial charge on any atom is -0.481 e. The predicted molar refractivity (Wildman–Crippen MR) is 126 cm³/mol. The smallest absolute Gasteiger partial charge is 0.326 e. The Morgan fingerprint density at radius 2 is 1.97 bits per heavy atom. The van der Waals surface area contributed by atoms with Crippen molar-refractivity contribution in [1.82, 2.24) is 15.3 Å². The number of nitrogens with zero attached hydrogens (tertiary/aromatic N) is 1. The number of aromatic amines is 1. The lowest BCUT2D eigenvalue weighted by Crippen LogP contribution is -2.41. The Bertz CT molecular complexity index is 1080. The maximum atomic E-state index is 12.3. The minimum absolute atomic E-state index is 0.0824. The summed E-state index contributed by atoms with van der Waals surface area (Å²) >= 11 is 3.39. The molecule has 13 heteroatoms. The second-order valence-electron chi connectivity index (χ2n) is 6.91. The highest BCUT2D eigenvalue weighted by atomic mass is 127. The Morgan fingerprint density at radius 3 is 2.62 bits per heavy atom. The first kappa shape index (κ1) is 23.8. The van der Waals surface area contributed by atoms with Gasteiger partial charge >= 0.3 is 11.9 Å². The number of thioether (sulfide) groups is 1. The van der Waals surface area contributed by atoms with Gasteiger partial charge in [0.25, 0.3) is 11.5 Å². The molecule has 0 saturated carbocycles. The Hall–Kier alpha value is -2.81. The molecule has 11 nitrogen and oxygen atoms in total. The van der Waals surface area contributed by atoms with Crippen LogP contribution in [0.3, 0.4) is 0 Å². The van der Waals surface area contributed by atoms with Gasteiger partial charge in [0.05, 0.1) is 0 Å². The van der Waals surface area contributed by atoms with Crippen molar-refractivity contribution in [3.8, 4) is 0 Å². The molecule has 0 saturated heterocycles. The van der Waals surface area contributed by atoms with Crippen molar-refractivity contribution >= 4 is 63.7 Å². The zero-order valence-electron chi connectivity index (χ0n) is 16.6. The summed E-state index contributed by atoms with van der Waals surface area (Å²) in [6.45, 7) is 1.19. The highest BCUT2D eigenvalue weighted by Crippen LogP contribution is 2.30. The van der Waals surface area contributed by atoms with Crippen molar-refractivity contribution in [2.75, 3.05) is 23.7 Å². The quantitative estimate of drug-likeness (QED) is 0.190. The molecule has 2 atom stereocenters. The van der Waals surface area contributed by atoms with E-state index in [0.29, 0.717) is 27.6 Å². The van der Waals surface area contributed by atoms with E-state index < -0.39 is 23.9 Å². The average Bonchev–Trinajstić information content (AvgIpc) is 2.75. The molecule has 0 radical (unpaired) electrons. The zero-order chi connectivity index (χ0) is 23.3. The van der Waals surface area contributed by atoms with Gasteiger partial charge in [0.2, 0.25) is 0 Å². The molecule has 1 amide bonds. The fourth-order valence-corrected chi connectivity index (χ4v) is 4.47. The first-order valence-corrected chi connectivity index (χ1v) is 11.5. The molecule has 0 bridgehead atoms. The zero-order valence-corrected chi connectivity index (χ0v) is 19.5. The van der Waals surface area contributed by atoms with E-state index in [1.165, 1.54) is 11.8 Å². The number of hydrogen-bond donors (Lipinski definition) is 6. The normalized spacial score (nSPS) is 15.7. The summed E-state index contributed by atoms with van der Waals surface area (Å²) < 4.78 is 0.525. The van der Waals surface area contributed by atoms with Crippen LogP contribution < -0.4 is 21.5 Å². The number of nitrogens with one attached hydrogen (secondary N) is 4. The van der Waals surface area contributed by atoms with Crippen molar-refractivity contribution in [3.63, 3.8) is 0 Å². The number of rotatable bonds is 9. The number of aromatic nitrogens is 2. The van der Waals surface area contributed by atoms with Gasteiger partial charge in [-0.05, 0) is 53.3 Å². The topological polar surface area (TPSA) is 174 Å². The first-order chi connectivity index (χ1) is 15.2. The standard InChI is InChI=1S/C19H20IN5O6S/c20-19-24-15-14(17(29)25-19)32-11(8-22-15)7-21-10-3-1-9(2-4-10)16(28)23-12(18(30)31)5-6-13(26)27/h1-4,11-12,21H,5-8H2,(H,23,28)(H,26,27)(H,30,31)(H2,22,24,25,29)/t11-,12-/m0/s1. The number of fused-ring (bicyclic) bond motifs is 1. The molecule has 1 aliphatic heterocycles. The fourth-order valence-electron chi connectivity index (χ4n) is 2.93. The third-order valence-electron chi connectivity index (χ3n) is 4.56.